The molecule has 0 aliphatic carbocycles. The highest BCUT2D eigenvalue weighted by Crippen LogP contribution is 2.20. The highest BCUT2D eigenvalue weighted by Gasteiger charge is 2.20. The molecule has 1 aliphatic heterocycles. The van der Waals surface area contributed by atoms with E-state index in [1.807, 2.05) is 11.3 Å². The number of rotatable bonds is 6. The molecule has 0 amide bonds. The summed E-state index contributed by atoms with van der Waals surface area (Å²) >= 11 is 1.86. The van der Waals surface area contributed by atoms with E-state index < -0.39 is 0 Å². The normalized spacial score (nSPS) is 21.2. The van der Waals surface area contributed by atoms with Crippen LogP contribution in [0.4, 0.5) is 0 Å². The second-order valence-electron chi connectivity index (χ2n) is 5.76. The summed E-state index contributed by atoms with van der Waals surface area (Å²) < 4.78 is 0. The number of nitrogens with zero attached hydrogens (tertiary/aromatic N) is 2. The highest BCUT2D eigenvalue weighted by atomic mass is 32.1. The second kappa shape index (κ2) is 7.39. The Morgan fingerprint density at radius 1 is 1.53 bits per heavy atom. The Labute approximate surface area is 120 Å². The van der Waals surface area contributed by atoms with Gasteiger partial charge in [-0.1, -0.05) is 0 Å². The molecule has 1 N–H and O–H groups in total. The quantitative estimate of drug-likeness (QED) is 0.866. The van der Waals surface area contributed by atoms with E-state index in [1.54, 1.807) is 0 Å². The molecule has 0 spiro atoms. The lowest BCUT2D eigenvalue weighted by molar-refractivity contribution is 0.119. The Morgan fingerprint density at radius 2 is 2.37 bits per heavy atom. The van der Waals surface area contributed by atoms with Crippen LogP contribution >= 0.6 is 11.3 Å². The molecule has 108 valence electrons. The van der Waals surface area contributed by atoms with Gasteiger partial charge in [0.1, 0.15) is 0 Å². The monoisotopic (exact) mass is 282 g/mol. The Bertz CT molecular complexity index is 378. The van der Waals surface area contributed by atoms with E-state index in [1.165, 1.54) is 29.8 Å². The molecule has 1 fully saturated rings. The zero-order valence-electron chi connectivity index (χ0n) is 12.1. The molecule has 0 unspecified atom stereocenters. The average Bonchev–Trinajstić information content (AvgIpc) is 2.76. The van der Waals surface area contributed by atoms with Crippen molar-refractivity contribution in [1.82, 2.24) is 9.80 Å². The van der Waals surface area contributed by atoms with Crippen LogP contribution in [-0.2, 0) is 6.54 Å². The summed E-state index contributed by atoms with van der Waals surface area (Å²) in [5.41, 5.74) is 1.42. The number of β-amino-alcohol motifs (C(OH)–C–C–N with tert-alkyl or cyclic N) is 1. The third-order valence-corrected chi connectivity index (χ3v) is 4.98. The van der Waals surface area contributed by atoms with Crippen LogP contribution in [0.1, 0.15) is 23.3 Å². The summed E-state index contributed by atoms with van der Waals surface area (Å²) in [6.45, 7) is 7.86. The van der Waals surface area contributed by atoms with Crippen LogP contribution < -0.4 is 0 Å². The third-order valence-electron chi connectivity index (χ3n) is 3.97. The van der Waals surface area contributed by atoms with E-state index in [9.17, 15) is 0 Å². The lowest BCUT2D eigenvalue weighted by Crippen LogP contribution is -2.41. The number of aliphatic hydroxyl groups excluding tert-OH is 1. The first-order chi connectivity index (χ1) is 9.19. The molecule has 1 saturated heterocycles. The van der Waals surface area contributed by atoms with Crippen molar-refractivity contribution in [2.75, 3.05) is 39.8 Å². The maximum Gasteiger partial charge on any atom is 0.0558 e. The molecular formula is C15H26N2OS. The van der Waals surface area contributed by atoms with Gasteiger partial charge in [0.2, 0.25) is 0 Å². The fraction of sp³-hybridized carbons (Fsp3) is 0.733. The molecule has 1 aromatic rings. The molecule has 3 nitrogen and oxygen atoms in total. The summed E-state index contributed by atoms with van der Waals surface area (Å²) in [6.07, 6.45) is 2.60. The Kier molecular flexibility index (Phi) is 5.82. The van der Waals surface area contributed by atoms with Crippen molar-refractivity contribution in [3.8, 4) is 0 Å². The minimum absolute atomic E-state index is 0.289. The van der Waals surface area contributed by atoms with Gasteiger partial charge in [0.15, 0.2) is 0 Å². The smallest absolute Gasteiger partial charge is 0.0558 e. The molecule has 4 heteroatoms. The fourth-order valence-electron chi connectivity index (χ4n) is 2.96. The lowest BCUT2D eigenvalue weighted by atomic mass is 9.97. The minimum atomic E-state index is 0.289. The van der Waals surface area contributed by atoms with Gasteiger partial charge in [0.25, 0.3) is 0 Å². The van der Waals surface area contributed by atoms with Crippen molar-refractivity contribution in [1.29, 1.82) is 0 Å². The summed E-state index contributed by atoms with van der Waals surface area (Å²) in [5, 5.41) is 11.2. The number of aryl methyl sites for hydroxylation is 1. The van der Waals surface area contributed by atoms with Crippen LogP contribution in [0.15, 0.2) is 11.4 Å². The van der Waals surface area contributed by atoms with Gasteiger partial charge in [0.05, 0.1) is 6.61 Å². The Balaban J connectivity index is 1.78. The number of likely N-dealkylation sites (tertiary alicyclic amines) is 1. The van der Waals surface area contributed by atoms with Crippen molar-refractivity contribution in [2.45, 2.75) is 26.3 Å². The number of thiophene rings is 1. The zero-order valence-corrected chi connectivity index (χ0v) is 13.0. The number of piperidine rings is 1. The van der Waals surface area contributed by atoms with Gasteiger partial charge in [0, 0.05) is 31.1 Å². The van der Waals surface area contributed by atoms with Crippen molar-refractivity contribution < 1.29 is 5.11 Å². The van der Waals surface area contributed by atoms with E-state index in [2.05, 4.69) is 35.2 Å². The van der Waals surface area contributed by atoms with Gasteiger partial charge in [-0.25, -0.2) is 0 Å². The van der Waals surface area contributed by atoms with E-state index in [4.69, 9.17) is 5.11 Å². The van der Waals surface area contributed by atoms with Gasteiger partial charge in [-0.15, -0.1) is 11.3 Å². The van der Waals surface area contributed by atoms with Gasteiger partial charge >= 0.3 is 0 Å². The minimum Gasteiger partial charge on any atom is -0.395 e. The molecule has 1 aromatic heterocycles. The van der Waals surface area contributed by atoms with E-state index in [-0.39, 0.29) is 6.61 Å². The van der Waals surface area contributed by atoms with E-state index >= 15 is 0 Å². The molecule has 0 aromatic carbocycles. The zero-order chi connectivity index (χ0) is 13.7. The van der Waals surface area contributed by atoms with Crippen LogP contribution in [0.3, 0.4) is 0 Å². The maximum atomic E-state index is 9.04. The summed E-state index contributed by atoms with van der Waals surface area (Å²) in [5.74, 6) is 0.755. The van der Waals surface area contributed by atoms with Crippen molar-refractivity contribution in [2.24, 2.45) is 5.92 Å². The summed E-state index contributed by atoms with van der Waals surface area (Å²) in [4.78, 5) is 6.34. The molecule has 2 heterocycles. The number of hydrogen-bond donors (Lipinski definition) is 1. The average molecular weight is 282 g/mol. The molecule has 2 rings (SSSR count). The standard InChI is InChI=1S/C15H26N2OS/c1-13-5-9-19-15(13)12-16(2)10-14-4-3-6-17(11-14)7-8-18/h5,9,14,18H,3-4,6-8,10-12H2,1-2H3/t14-/m1/s1. The van der Waals surface area contributed by atoms with Crippen molar-refractivity contribution in [3.05, 3.63) is 21.9 Å². The molecule has 19 heavy (non-hydrogen) atoms. The molecule has 0 bridgehead atoms. The number of hydrogen-bond acceptors (Lipinski definition) is 4. The molecule has 0 saturated carbocycles. The Hall–Kier alpha value is -0.420. The third kappa shape index (κ3) is 4.56. The lowest BCUT2D eigenvalue weighted by Gasteiger charge is -2.34. The number of aliphatic hydroxyl groups is 1. The molecular weight excluding hydrogens is 256 g/mol. The summed E-state index contributed by atoms with van der Waals surface area (Å²) in [6, 6.07) is 2.21. The SMILES string of the molecule is Cc1ccsc1CN(C)C[C@H]1CCCN(CCO)C1. The van der Waals surface area contributed by atoms with Crippen molar-refractivity contribution in [3.63, 3.8) is 0 Å². The second-order valence-corrected chi connectivity index (χ2v) is 6.76. The predicted octanol–water partition coefficient (Wildman–Crippen LogP) is 2.19. The van der Waals surface area contributed by atoms with Gasteiger partial charge in [-0.2, -0.15) is 0 Å². The van der Waals surface area contributed by atoms with Crippen LogP contribution in [0, 0.1) is 12.8 Å². The Morgan fingerprint density at radius 3 is 3.05 bits per heavy atom. The molecule has 0 radical (unpaired) electrons. The van der Waals surface area contributed by atoms with E-state index in [0.29, 0.717) is 0 Å². The predicted molar refractivity (Wildman–Crippen MR) is 81.6 cm³/mol. The molecule has 1 atom stereocenters. The topological polar surface area (TPSA) is 26.7 Å². The van der Waals surface area contributed by atoms with Crippen LogP contribution in [0.25, 0.3) is 0 Å². The van der Waals surface area contributed by atoms with Crippen LogP contribution in [0.2, 0.25) is 0 Å². The van der Waals surface area contributed by atoms with Gasteiger partial charge < -0.3 is 14.9 Å². The maximum absolute atomic E-state index is 9.04. The molecule has 1 aliphatic rings. The van der Waals surface area contributed by atoms with Crippen molar-refractivity contribution >= 4 is 11.3 Å². The first-order valence-electron chi connectivity index (χ1n) is 7.23. The fourth-order valence-corrected chi connectivity index (χ4v) is 3.95. The van der Waals surface area contributed by atoms with Gasteiger partial charge in [-0.05, 0) is 56.3 Å². The van der Waals surface area contributed by atoms with Crippen LogP contribution in [-0.4, -0.2) is 54.7 Å². The summed E-state index contributed by atoms with van der Waals surface area (Å²) in [7, 11) is 2.23. The van der Waals surface area contributed by atoms with E-state index in [0.717, 1.165) is 32.1 Å². The first-order valence-corrected chi connectivity index (χ1v) is 8.11. The largest absolute Gasteiger partial charge is 0.395 e. The van der Waals surface area contributed by atoms with Gasteiger partial charge in [-0.3, -0.25) is 0 Å². The highest BCUT2D eigenvalue weighted by molar-refractivity contribution is 7.10. The van der Waals surface area contributed by atoms with Crippen LogP contribution in [0.5, 0.6) is 0 Å². The first kappa shape index (κ1) is 15.0.